The van der Waals surface area contributed by atoms with Crippen molar-refractivity contribution in [2.24, 2.45) is 0 Å². The quantitative estimate of drug-likeness (QED) is 0.915. The maximum Gasteiger partial charge on any atom is 0.0897 e. The van der Waals surface area contributed by atoms with Gasteiger partial charge in [0.2, 0.25) is 0 Å². The number of hydrogen-bond acceptors (Lipinski definition) is 3. The first-order valence-electron chi connectivity index (χ1n) is 6.35. The van der Waals surface area contributed by atoms with Gasteiger partial charge in [-0.05, 0) is 25.3 Å². The van der Waals surface area contributed by atoms with Crippen molar-refractivity contribution in [2.75, 3.05) is 0 Å². The van der Waals surface area contributed by atoms with Crippen LogP contribution in [0.25, 0.3) is 0 Å². The second kappa shape index (κ2) is 4.48. The molecule has 1 aliphatic carbocycles. The molecule has 0 saturated heterocycles. The van der Waals surface area contributed by atoms with Gasteiger partial charge in [-0.2, -0.15) is 0 Å². The molecular weight excluding hydrogens is 242 g/mol. The van der Waals surface area contributed by atoms with Crippen molar-refractivity contribution in [3.8, 4) is 0 Å². The third-order valence-electron chi connectivity index (χ3n) is 3.84. The largest absolute Gasteiger partial charge is 0.392 e. The molecule has 2 aromatic rings. The van der Waals surface area contributed by atoms with E-state index in [4.69, 9.17) is 0 Å². The van der Waals surface area contributed by atoms with Gasteiger partial charge in [0.25, 0.3) is 0 Å². The van der Waals surface area contributed by atoms with E-state index in [1.165, 1.54) is 5.56 Å². The number of benzene rings is 1. The first-order valence-corrected chi connectivity index (χ1v) is 7.23. The van der Waals surface area contributed by atoms with Crippen LogP contribution in [0.4, 0.5) is 0 Å². The minimum atomic E-state index is -0.318. The van der Waals surface area contributed by atoms with Gasteiger partial charge in [-0.15, -0.1) is 11.3 Å². The van der Waals surface area contributed by atoms with E-state index in [0.29, 0.717) is 6.42 Å². The van der Waals surface area contributed by atoms with Crippen LogP contribution >= 0.6 is 11.3 Å². The van der Waals surface area contributed by atoms with E-state index in [-0.39, 0.29) is 11.5 Å². The molecule has 1 N–H and O–H groups in total. The lowest BCUT2D eigenvalue weighted by atomic mass is 9.88. The van der Waals surface area contributed by atoms with Crippen LogP contribution in [-0.2, 0) is 11.8 Å². The van der Waals surface area contributed by atoms with Gasteiger partial charge in [0.1, 0.15) is 0 Å². The van der Waals surface area contributed by atoms with Crippen LogP contribution in [0.15, 0.2) is 35.7 Å². The van der Waals surface area contributed by atoms with Crippen LogP contribution in [0.5, 0.6) is 0 Å². The summed E-state index contributed by atoms with van der Waals surface area (Å²) in [6.45, 7) is 2.00. The molecule has 1 saturated carbocycles. The van der Waals surface area contributed by atoms with Gasteiger partial charge < -0.3 is 5.11 Å². The molecule has 1 unspecified atom stereocenters. The van der Waals surface area contributed by atoms with Gasteiger partial charge in [0.15, 0.2) is 0 Å². The van der Waals surface area contributed by atoms with Gasteiger partial charge >= 0.3 is 0 Å². The molecule has 1 aromatic carbocycles. The predicted octanol–water partition coefficient (Wildman–Crippen LogP) is 3.09. The van der Waals surface area contributed by atoms with Crippen LogP contribution in [0, 0.1) is 6.92 Å². The molecule has 0 aliphatic heterocycles. The molecule has 1 aromatic heterocycles. The van der Waals surface area contributed by atoms with Crippen LogP contribution < -0.4 is 0 Å². The Kier molecular flexibility index (Phi) is 2.96. The normalized spacial score (nSPS) is 18.6. The van der Waals surface area contributed by atoms with Crippen molar-refractivity contribution in [3.63, 3.8) is 0 Å². The third kappa shape index (κ3) is 2.08. The van der Waals surface area contributed by atoms with E-state index < -0.39 is 0 Å². The smallest absolute Gasteiger partial charge is 0.0897 e. The molecule has 0 amide bonds. The van der Waals surface area contributed by atoms with Crippen LogP contribution in [-0.4, -0.2) is 16.2 Å². The minimum Gasteiger partial charge on any atom is -0.392 e. The molecule has 1 fully saturated rings. The summed E-state index contributed by atoms with van der Waals surface area (Å²) in [6.07, 6.45) is 2.52. The summed E-state index contributed by atoms with van der Waals surface area (Å²) in [4.78, 5) is 4.44. The first-order chi connectivity index (χ1) is 8.71. The molecule has 94 valence electrons. The number of aryl methyl sites for hydroxylation is 1. The third-order valence-corrected chi connectivity index (χ3v) is 4.67. The summed E-state index contributed by atoms with van der Waals surface area (Å²) in [6, 6.07) is 10.4. The van der Waals surface area contributed by atoms with Gasteiger partial charge in [0.05, 0.1) is 16.8 Å². The molecule has 2 nitrogen and oxygen atoms in total. The SMILES string of the molecule is Cc1nc(CC(O)C2(c3ccccc3)CC2)cs1. The lowest BCUT2D eigenvalue weighted by Crippen LogP contribution is -2.28. The van der Waals surface area contributed by atoms with Crippen LogP contribution in [0.3, 0.4) is 0 Å². The zero-order valence-corrected chi connectivity index (χ0v) is 11.3. The highest BCUT2D eigenvalue weighted by Crippen LogP contribution is 2.51. The second-order valence-electron chi connectivity index (χ2n) is 5.10. The van der Waals surface area contributed by atoms with E-state index in [9.17, 15) is 5.11 Å². The van der Waals surface area contributed by atoms with E-state index >= 15 is 0 Å². The first kappa shape index (κ1) is 11.9. The molecule has 0 bridgehead atoms. The van der Waals surface area contributed by atoms with Crippen LogP contribution in [0.1, 0.15) is 29.1 Å². The number of rotatable bonds is 4. The average molecular weight is 259 g/mol. The minimum absolute atomic E-state index is 0.0151. The Bertz CT molecular complexity index is 530. The number of aromatic nitrogens is 1. The van der Waals surface area contributed by atoms with E-state index in [2.05, 4.69) is 34.6 Å². The van der Waals surface area contributed by atoms with Crippen molar-refractivity contribution in [1.82, 2.24) is 4.98 Å². The summed E-state index contributed by atoms with van der Waals surface area (Å²) in [7, 11) is 0. The lowest BCUT2D eigenvalue weighted by Gasteiger charge is -2.22. The van der Waals surface area contributed by atoms with Gasteiger partial charge in [-0.25, -0.2) is 4.98 Å². The van der Waals surface area contributed by atoms with Gasteiger partial charge in [0, 0.05) is 17.2 Å². The monoisotopic (exact) mass is 259 g/mol. The Morgan fingerprint density at radius 3 is 2.61 bits per heavy atom. The zero-order valence-electron chi connectivity index (χ0n) is 10.5. The number of thiazole rings is 1. The number of nitrogens with zero attached hydrogens (tertiary/aromatic N) is 1. The fourth-order valence-corrected chi connectivity index (χ4v) is 3.24. The Hall–Kier alpha value is -1.19. The van der Waals surface area contributed by atoms with Crippen molar-refractivity contribution < 1.29 is 5.11 Å². The van der Waals surface area contributed by atoms with Crippen molar-refractivity contribution in [1.29, 1.82) is 0 Å². The topological polar surface area (TPSA) is 33.1 Å². The standard InChI is InChI=1S/C15H17NOS/c1-11-16-13(10-18-11)9-14(17)15(7-8-15)12-5-3-2-4-6-12/h2-6,10,14,17H,7-9H2,1H3. The predicted molar refractivity (Wildman–Crippen MR) is 73.9 cm³/mol. The lowest BCUT2D eigenvalue weighted by molar-refractivity contribution is 0.131. The van der Waals surface area contributed by atoms with Gasteiger partial charge in [-0.3, -0.25) is 0 Å². The Morgan fingerprint density at radius 2 is 2.06 bits per heavy atom. The maximum atomic E-state index is 10.5. The van der Waals surface area contributed by atoms with Crippen LogP contribution in [0.2, 0.25) is 0 Å². The van der Waals surface area contributed by atoms with Crippen molar-refractivity contribution in [2.45, 2.75) is 37.7 Å². The fraction of sp³-hybridized carbons (Fsp3) is 0.400. The molecule has 1 atom stereocenters. The van der Waals surface area contributed by atoms with Crippen molar-refractivity contribution in [3.05, 3.63) is 52.0 Å². The summed E-state index contributed by atoms with van der Waals surface area (Å²) in [5.74, 6) is 0. The Morgan fingerprint density at radius 1 is 1.33 bits per heavy atom. The molecule has 18 heavy (non-hydrogen) atoms. The fourth-order valence-electron chi connectivity index (χ4n) is 2.61. The average Bonchev–Trinajstić information content (AvgIpc) is 3.10. The maximum absolute atomic E-state index is 10.5. The second-order valence-corrected chi connectivity index (χ2v) is 6.16. The van der Waals surface area contributed by atoms with E-state index in [0.717, 1.165) is 23.5 Å². The van der Waals surface area contributed by atoms with Gasteiger partial charge in [-0.1, -0.05) is 30.3 Å². The van der Waals surface area contributed by atoms with Crippen molar-refractivity contribution >= 4 is 11.3 Å². The highest BCUT2D eigenvalue weighted by atomic mass is 32.1. The highest BCUT2D eigenvalue weighted by Gasteiger charge is 2.50. The van der Waals surface area contributed by atoms with E-state index in [1.54, 1.807) is 11.3 Å². The molecule has 3 rings (SSSR count). The number of aliphatic hydroxyl groups is 1. The zero-order chi connectivity index (χ0) is 12.6. The number of hydrogen-bond donors (Lipinski definition) is 1. The summed E-state index contributed by atoms with van der Waals surface area (Å²) in [5, 5.41) is 13.6. The summed E-state index contributed by atoms with van der Waals surface area (Å²) < 4.78 is 0. The molecule has 1 heterocycles. The number of aliphatic hydroxyl groups excluding tert-OH is 1. The Labute approximate surface area is 111 Å². The summed E-state index contributed by atoms with van der Waals surface area (Å²) >= 11 is 1.65. The van der Waals surface area contributed by atoms with E-state index in [1.807, 2.05) is 13.0 Å². The molecular formula is C15H17NOS. The molecule has 0 spiro atoms. The Balaban J connectivity index is 1.78. The summed E-state index contributed by atoms with van der Waals surface area (Å²) in [5.41, 5.74) is 2.27. The molecule has 3 heteroatoms. The highest BCUT2D eigenvalue weighted by molar-refractivity contribution is 7.09. The molecule has 0 radical (unpaired) electrons. The molecule has 1 aliphatic rings.